The molecule has 0 bridgehead atoms. The maximum absolute atomic E-state index is 12.9. The first-order chi connectivity index (χ1) is 14.5. The van der Waals surface area contributed by atoms with Crippen LogP contribution in [0.4, 0.5) is 5.13 Å². The van der Waals surface area contributed by atoms with Gasteiger partial charge in [0.2, 0.25) is 15.2 Å². The minimum Gasteiger partial charge on any atom is -0.345 e. The second-order valence-corrected chi connectivity index (χ2v) is 10.4. The van der Waals surface area contributed by atoms with Crippen molar-refractivity contribution in [1.82, 2.24) is 13.7 Å². The third-order valence-corrected chi connectivity index (χ3v) is 7.96. The lowest BCUT2D eigenvalue weighted by Crippen LogP contribution is -2.36. The molecule has 0 aliphatic carbocycles. The molecule has 2 heterocycles. The molecule has 0 atom stereocenters. The van der Waals surface area contributed by atoms with Crippen LogP contribution in [-0.2, 0) is 22.2 Å². The molecule has 0 unspecified atom stereocenters. The van der Waals surface area contributed by atoms with Crippen molar-refractivity contribution < 1.29 is 8.42 Å². The summed E-state index contributed by atoms with van der Waals surface area (Å²) < 4.78 is 31.8. The largest absolute Gasteiger partial charge is 0.345 e. The summed E-state index contributed by atoms with van der Waals surface area (Å²) in [4.78, 5) is 6.82. The van der Waals surface area contributed by atoms with Gasteiger partial charge in [-0.25, -0.2) is 13.4 Å². The molecule has 2 aromatic carbocycles. The second kappa shape index (κ2) is 9.43. The number of sulfonamides is 1. The van der Waals surface area contributed by atoms with E-state index in [1.54, 1.807) is 4.31 Å². The van der Waals surface area contributed by atoms with Gasteiger partial charge < -0.3 is 4.90 Å². The van der Waals surface area contributed by atoms with Crippen LogP contribution in [0.2, 0.25) is 5.02 Å². The van der Waals surface area contributed by atoms with E-state index in [0.717, 1.165) is 35.0 Å². The molecule has 9 heteroatoms. The van der Waals surface area contributed by atoms with E-state index >= 15 is 0 Å². The molecule has 3 aromatic rings. The molecule has 158 valence electrons. The third-order valence-electron chi connectivity index (χ3n) is 5.04. The molecule has 1 fully saturated rings. The lowest BCUT2D eigenvalue weighted by molar-refractivity contribution is 0.432. The summed E-state index contributed by atoms with van der Waals surface area (Å²) >= 11 is 7.31. The molecule has 4 rings (SSSR count). The van der Waals surface area contributed by atoms with Crippen LogP contribution in [0, 0.1) is 0 Å². The van der Waals surface area contributed by atoms with Gasteiger partial charge in [0.1, 0.15) is 5.82 Å². The molecule has 1 aliphatic heterocycles. The predicted octanol–water partition coefficient (Wildman–Crippen LogP) is 3.82. The van der Waals surface area contributed by atoms with Gasteiger partial charge >= 0.3 is 0 Å². The van der Waals surface area contributed by atoms with Crippen LogP contribution in [0.15, 0.2) is 54.6 Å². The number of anilines is 1. The van der Waals surface area contributed by atoms with Crippen molar-refractivity contribution >= 4 is 38.3 Å². The summed E-state index contributed by atoms with van der Waals surface area (Å²) in [6.45, 7) is 2.37. The van der Waals surface area contributed by atoms with Gasteiger partial charge in [-0.2, -0.15) is 8.68 Å². The topological polar surface area (TPSA) is 66.4 Å². The lowest BCUT2D eigenvalue weighted by atomic mass is 10.1. The van der Waals surface area contributed by atoms with Crippen molar-refractivity contribution in [2.24, 2.45) is 0 Å². The van der Waals surface area contributed by atoms with E-state index in [2.05, 4.69) is 14.3 Å². The fourth-order valence-electron chi connectivity index (χ4n) is 3.47. The predicted molar refractivity (Wildman–Crippen MR) is 122 cm³/mol. The Balaban J connectivity index is 1.38. The molecule has 1 saturated heterocycles. The van der Waals surface area contributed by atoms with Gasteiger partial charge in [0.05, 0.1) is 5.75 Å². The summed E-state index contributed by atoms with van der Waals surface area (Å²) in [6, 6.07) is 17.0. The summed E-state index contributed by atoms with van der Waals surface area (Å²) in [7, 11) is -3.34. The van der Waals surface area contributed by atoms with Crippen LogP contribution in [0.5, 0.6) is 0 Å². The van der Waals surface area contributed by atoms with Crippen molar-refractivity contribution in [1.29, 1.82) is 0 Å². The molecule has 30 heavy (non-hydrogen) atoms. The van der Waals surface area contributed by atoms with E-state index < -0.39 is 10.0 Å². The highest BCUT2D eigenvalue weighted by molar-refractivity contribution is 7.88. The maximum Gasteiger partial charge on any atom is 0.218 e. The highest BCUT2D eigenvalue weighted by Crippen LogP contribution is 2.22. The van der Waals surface area contributed by atoms with Crippen LogP contribution in [0.3, 0.4) is 0 Å². The zero-order valence-electron chi connectivity index (χ0n) is 16.4. The average molecular weight is 463 g/mol. The maximum atomic E-state index is 12.9. The SMILES string of the molecule is O=S(=O)(Cc1ccccc1)N1CCCN(c2nc(Cc3ccc(Cl)cc3)ns2)CC1. The monoisotopic (exact) mass is 462 g/mol. The Hall–Kier alpha value is -2.00. The van der Waals surface area contributed by atoms with Crippen LogP contribution < -0.4 is 4.90 Å². The average Bonchev–Trinajstić information content (AvgIpc) is 3.04. The van der Waals surface area contributed by atoms with E-state index in [1.165, 1.54) is 11.5 Å². The van der Waals surface area contributed by atoms with E-state index in [1.807, 2.05) is 54.6 Å². The van der Waals surface area contributed by atoms with Crippen LogP contribution in [0.25, 0.3) is 0 Å². The Labute approximate surface area is 186 Å². The number of hydrogen-bond acceptors (Lipinski definition) is 6. The van der Waals surface area contributed by atoms with Gasteiger partial charge in [-0.3, -0.25) is 0 Å². The second-order valence-electron chi connectivity index (χ2n) is 7.28. The summed E-state index contributed by atoms with van der Waals surface area (Å²) in [6.07, 6.45) is 1.42. The molecule has 6 nitrogen and oxygen atoms in total. The highest BCUT2D eigenvalue weighted by atomic mass is 35.5. The van der Waals surface area contributed by atoms with Crippen LogP contribution in [-0.4, -0.2) is 48.3 Å². The third kappa shape index (κ3) is 5.37. The molecular formula is C21H23ClN4O2S2. The lowest BCUT2D eigenvalue weighted by Gasteiger charge is -2.21. The summed E-state index contributed by atoms with van der Waals surface area (Å²) in [5.41, 5.74) is 1.92. The number of aromatic nitrogens is 2. The van der Waals surface area contributed by atoms with E-state index in [-0.39, 0.29) is 5.75 Å². The molecule has 0 saturated carbocycles. The van der Waals surface area contributed by atoms with Gasteiger partial charge in [0.25, 0.3) is 0 Å². The molecule has 1 aliphatic rings. The number of halogens is 1. The van der Waals surface area contributed by atoms with Crippen LogP contribution >= 0.6 is 23.1 Å². The van der Waals surface area contributed by atoms with Crippen molar-refractivity contribution in [3.63, 3.8) is 0 Å². The molecular weight excluding hydrogens is 440 g/mol. The summed E-state index contributed by atoms with van der Waals surface area (Å²) in [5, 5.41) is 1.56. The smallest absolute Gasteiger partial charge is 0.218 e. The highest BCUT2D eigenvalue weighted by Gasteiger charge is 2.26. The molecule has 0 radical (unpaired) electrons. The Morgan fingerprint density at radius 1 is 0.933 bits per heavy atom. The Kier molecular flexibility index (Phi) is 6.67. The Bertz CT molecular complexity index is 1070. The van der Waals surface area contributed by atoms with Crippen LogP contribution in [0.1, 0.15) is 23.4 Å². The summed E-state index contributed by atoms with van der Waals surface area (Å²) in [5.74, 6) is 0.813. The van der Waals surface area contributed by atoms with Crippen molar-refractivity contribution in [3.05, 3.63) is 76.6 Å². The number of nitrogens with zero attached hydrogens (tertiary/aromatic N) is 4. The van der Waals surface area contributed by atoms with E-state index in [4.69, 9.17) is 11.6 Å². The molecule has 0 spiro atoms. The van der Waals surface area contributed by atoms with Gasteiger partial charge in [-0.05, 0) is 29.7 Å². The minimum atomic E-state index is -3.34. The Morgan fingerprint density at radius 2 is 1.70 bits per heavy atom. The number of hydrogen-bond donors (Lipinski definition) is 0. The van der Waals surface area contributed by atoms with Gasteiger partial charge in [0, 0.05) is 49.2 Å². The first-order valence-corrected chi connectivity index (χ1v) is 12.6. The van der Waals surface area contributed by atoms with Crippen molar-refractivity contribution in [2.75, 3.05) is 31.1 Å². The fourth-order valence-corrected chi connectivity index (χ4v) is 5.90. The van der Waals surface area contributed by atoms with Gasteiger partial charge in [-0.1, -0.05) is 54.1 Å². The molecule has 0 N–H and O–H groups in total. The first kappa shape index (κ1) is 21.2. The van der Waals surface area contributed by atoms with Gasteiger partial charge in [-0.15, -0.1) is 0 Å². The normalized spacial score (nSPS) is 15.8. The van der Waals surface area contributed by atoms with Gasteiger partial charge in [0.15, 0.2) is 0 Å². The van der Waals surface area contributed by atoms with Crippen molar-refractivity contribution in [2.45, 2.75) is 18.6 Å². The fraction of sp³-hybridized carbons (Fsp3) is 0.333. The zero-order valence-corrected chi connectivity index (χ0v) is 18.8. The standard InChI is InChI=1S/C21H23ClN4O2S2/c22-19-9-7-17(8-10-19)15-20-23-21(29-24-20)25-11-4-12-26(14-13-25)30(27,28)16-18-5-2-1-3-6-18/h1-3,5-10H,4,11-16H2. The number of benzene rings is 2. The zero-order chi connectivity index (χ0) is 21.0. The molecule has 1 aromatic heterocycles. The molecule has 0 amide bonds. The number of rotatable bonds is 6. The first-order valence-electron chi connectivity index (χ1n) is 9.83. The van der Waals surface area contributed by atoms with E-state index in [0.29, 0.717) is 31.1 Å². The quantitative estimate of drug-likeness (QED) is 0.557. The Morgan fingerprint density at radius 3 is 2.47 bits per heavy atom. The minimum absolute atomic E-state index is 0.0396. The van der Waals surface area contributed by atoms with E-state index in [9.17, 15) is 8.42 Å². The van der Waals surface area contributed by atoms with Crippen molar-refractivity contribution in [3.8, 4) is 0 Å².